The van der Waals surface area contributed by atoms with Crippen molar-refractivity contribution in [2.75, 3.05) is 31.1 Å². The zero-order chi connectivity index (χ0) is 16.4. The second-order valence-corrected chi connectivity index (χ2v) is 5.10. The molecule has 1 aliphatic heterocycles. The van der Waals surface area contributed by atoms with Crippen molar-refractivity contribution >= 4 is 11.9 Å². The number of nitrogens with one attached hydrogen (secondary N) is 1. The van der Waals surface area contributed by atoms with Crippen LogP contribution < -0.4 is 4.90 Å². The normalized spacial score (nSPS) is 15.8. The Morgan fingerprint density at radius 2 is 1.91 bits per heavy atom. The number of piperazine rings is 1. The summed E-state index contributed by atoms with van der Waals surface area (Å²) in [6.45, 7) is 1.57. The third-order valence-electron chi connectivity index (χ3n) is 3.61. The topological polar surface area (TPSA) is 65.1 Å². The highest BCUT2D eigenvalue weighted by atomic mass is 19.4. The van der Waals surface area contributed by atoms with Gasteiger partial charge in [-0.15, -0.1) is 0 Å². The fraction of sp³-hybridized carbons (Fsp3) is 0.357. The monoisotopic (exact) mass is 325 g/mol. The number of halogens is 3. The molecule has 6 nitrogen and oxygen atoms in total. The summed E-state index contributed by atoms with van der Waals surface area (Å²) in [6, 6.07) is 4.26. The van der Waals surface area contributed by atoms with Crippen LogP contribution in [0.15, 0.2) is 30.6 Å². The Hall–Kier alpha value is -2.58. The van der Waals surface area contributed by atoms with Crippen molar-refractivity contribution in [2.24, 2.45) is 0 Å². The van der Waals surface area contributed by atoms with E-state index in [1.54, 1.807) is 28.1 Å². The van der Waals surface area contributed by atoms with E-state index >= 15 is 0 Å². The van der Waals surface area contributed by atoms with E-state index in [1.165, 1.54) is 0 Å². The molecule has 3 rings (SSSR count). The van der Waals surface area contributed by atoms with Crippen LogP contribution in [0.2, 0.25) is 0 Å². The summed E-state index contributed by atoms with van der Waals surface area (Å²) >= 11 is 0. The van der Waals surface area contributed by atoms with Crippen LogP contribution in [0.3, 0.4) is 0 Å². The second kappa shape index (κ2) is 5.90. The third kappa shape index (κ3) is 3.27. The number of H-pyrrole nitrogens is 1. The van der Waals surface area contributed by atoms with Gasteiger partial charge in [0.1, 0.15) is 11.4 Å². The van der Waals surface area contributed by atoms with Crippen molar-refractivity contribution in [3.05, 3.63) is 42.0 Å². The van der Waals surface area contributed by atoms with Gasteiger partial charge in [0, 0.05) is 38.6 Å². The highest BCUT2D eigenvalue weighted by Crippen LogP contribution is 2.28. The standard InChI is InChI=1S/C14H14F3N5O/c15-14(16,17)11-3-5-19-13(20-11)22-8-6-21(7-9-22)12(23)10-2-1-4-18-10/h1-5,18H,6-9H2. The van der Waals surface area contributed by atoms with Gasteiger partial charge in [-0.2, -0.15) is 13.2 Å². The van der Waals surface area contributed by atoms with Crippen LogP contribution in [0, 0.1) is 0 Å². The predicted molar refractivity (Wildman–Crippen MR) is 75.9 cm³/mol. The van der Waals surface area contributed by atoms with Gasteiger partial charge in [-0.25, -0.2) is 9.97 Å². The van der Waals surface area contributed by atoms with Gasteiger partial charge in [0.2, 0.25) is 5.95 Å². The Bertz CT molecular complexity index is 678. The van der Waals surface area contributed by atoms with Crippen LogP contribution in [-0.2, 0) is 6.18 Å². The molecule has 2 aromatic rings. The molecular formula is C14H14F3N5O. The van der Waals surface area contributed by atoms with E-state index in [4.69, 9.17) is 0 Å². The number of rotatable bonds is 2. The van der Waals surface area contributed by atoms with E-state index in [2.05, 4.69) is 15.0 Å². The molecule has 0 atom stereocenters. The summed E-state index contributed by atoms with van der Waals surface area (Å²) < 4.78 is 38.1. The SMILES string of the molecule is O=C(c1ccc[nH]1)N1CCN(c2nccc(C(F)(F)F)n2)CC1. The summed E-state index contributed by atoms with van der Waals surface area (Å²) in [5.74, 6) is -0.0913. The van der Waals surface area contributed by atoms with E-state index in [9.17, 15) is 18.0 Å². The lowest BCUT2D eigenvalue weighted by molar-refractivity contribution is -0.141. The maximum Gasteiger partial charge on any atom is 0.433 e. The second-order valence-electron chi connectivity index (χ2n) is 5.10. The molecule has 0 aromatic carbocycles. The Labute approximate surface area is 129 Å². The number of carbonyl (C=O) groups excluding carboxylic acids is 1. The number of nitrogens with zero attached hydrogens (tertiary/aromatic N) is 4. The molecule has 23 heavy (non-hydrogen) atoms. The van der Waals surface area contributed by atoms with Crippen LogP contribution in [0.5, 0.6) is 0 Å². The number of aromatic amines is 1. The highest BCUT2D eigenvalue weighted by Gasteiger charge is 2.33. The maximum absolute atomic E-state index is 12.7. The van der Waals surface area contributed by atoms with E-state index < -0.39 is 11.9 Å². The van der Waals surface area contributed by atoms with Gasteiger partial charge in [-0.1, -0.05) is 0 Å². The third-order valence-corrected chi connectivity index (χ3v) is 3.61. The molecule has 1 fully saturated rings. The van der Waals surface area contributed by atoms with Crippen LogP contribution in [0.4, 0.5) is 19.1 Å². The molecule has 1 amide bonds. The molecule has 3 heterocycles. The van der Waals surface area contributed by atoms with Gasteiger partial charge in [-0.05, 0) is 18.2 Å². The zero-order valence-electron chi connectivity index (χ0n) is 12.0. The smallest absolute Gasteiger partial charge is 0.357 e. The molecule has 0 radical (unpaired) electrons. The number of hydrogen-bond donors (Lipinski definition) is 1. The van der Waals surface area contributed by atoms with Gasteiger partial charge >= 0.3 is 6.18 Å². The average Bonchev–Trinajstić information content (AvgIpc) is 3.08. The van der Waals surface area contributed by atoms with Crippen LogP contribution >= 0.6 is 0 Å². The van der Waals surface area contributed by atoms with Gasteiger partial charge < -0.3 is 14.8 Å². The number of alkyl halides is 3. The molecule has 1 saturated heterocycles. The first-order valence-electron chi connectivity index (χ1n) is 7.03. The molecule has 2 aromatic heterocycles. The van der Waals surface area contributed by atoms with Crippen molar-refractivity contribution in [1.29, 1.82) is 0 Å². The molecule has 122 valence electrons. The Morgan fingerprint density at radius 1 is 1.17 bits per heavy atom. The summed E-state index contributed by atoms with van der Waals surface area (Å²) in [5.41, 5.74) is -0.471. The summed E-state index contributed by atoms with van der Waals surface area (Å²) in [5, 5.41) is 0. The number of carbonyl (C=O) groups is 1. The molecule has 0 bridgehead atoms. The van der Waals surface area contributed by atoms with Crippen LogP contribution in [-0.4, -0.2) is 51.9 Å². The molecule has 9 heteroatoms. The first kappa shape index (κ1) is 15.3. The Balaban J connectivity index is 1.66. The minimum Gasteiger partial charge on any atom is -0.357 e. The minimum atomic E-state index is -4.50. The van der Waals surface area contributed by atoms with Crippen LogP contribution in [0.25, 0.3) is 0 Å². The molecule has 1 aliphatic rings. The zero-order valence-corrected chi connectivity index (χ0v) is 12.0. The number of amides is 1. The summed E-state index contributed by atoms with van der Waals surface area (Å²) in [4.78, 5) is 25.8. The molecule has 0 spiro atoms. The fourth-order valence-electron chi connectivity index (χ4n) is 2.40. The predicted octanol–water partition coefficient (Wildman–Crippen LogP) is 1.79. The fourth-order valence-corrected chi connectivity index (χ4v) is 2.40. The van der Waals surface area contributed by atoms with Crippen molar-refractivity contribution in [2.45, 2.75) is 6.18 Å². The van der Waals surface area contributed by atoms with E-state index in [1.807, 2.05) is 0 Å². The van der Waals surface area contributed by atoms with Gasteiger partial charge in [0.25, 0.3) is 5.91 Å². The number of hydrogen-bond acceptors (Lipinski definition) is 4. The quantitative estimate of drug-likeness (QED) is 0.914. The van der Waals surface area contributed by atoms with Gasteiger partial charge in [-0.3, -0.25) is 4.79 Å². The minimum absolute atomic E-state index is 0.0341. The lowest BCUT2D eigenvalue weighted by atomic mass is 10.3. The van der Waals surface area contributed by atoms with Gasteiger partial charge in [0.15, 0.2) is 0 Å². The molecule has 0 saturated carbocycles. The lowest BCUT2D eigenvalue weighted by Gasteiger charge is -2.34. The van der Waals surface area contributed by atoms with Crippen molar-refractivity contribution in [1.82, 2.24) is 19.9 Å². The molecule has 0 unspecified atom stereocenters. The summed E-state index contributed by atoms with van der Waals surface area (Å²) in [6.07, 6.45) is -1.73. The van der Waals surface area contributed by atoms with E-state index in [0.717, 1.165) is 12.3 Å². The number of aromatic nitrogens is 3. The first-order chi connectivity index (χ1) is 10.9. The first-order valence-corrected chi connectivity index (χ1v) is 7.03. The van der Waals surface area contributed by atoms with Crippen molar-refractivity contribution < 1.29 is 18.0 Å². The molecule has 1 N–H and O–H groups in total. The highest BCUT2D eigenvalue weighted by molar-refractivity contribution is 5.92. The summed E-state index contributed by atoms with van der Waals surface area (Å²) in [7, 11) is 0. The van der Waals surface area contributed by atoms with Crippen molar-refractivity contribution in [3.63, 3.8) is 0 Å². The molecule has 0 aliphatic carbocycles. The average molecular weight is 325 g/mol. The van der Waals surface area contributed by atoms with Crippen molar-refractivity contribution in [3.8, 4) is 0 Å². The van der Waals surface area contributed by atoms with E-state index in [0.29, 0.717) is 31.9 Å². The van der Waals surface area contributed by atoms with Crippen LogP contribution in [0.1, 0.15) is 16.2 Å². The number of anilines is 1. The largest absolute Gasteiger partial charge is 0.433 e. The lowest BCUT2D eigenvalue weighted by Crippen LogP contribution is -2.49. The Morgan fingerprint density at radius 3 is 2.52 bits per heavy atom. The van der Waals surface area contributed by atoms with E-state index in [-0.39, 0.29) is 11.9 Å². The van der Waals surface area contributed by atoms with Gasteiger partial charge in [0.05, 0.1) is 0 Å². The molecular weight excluding hydrogens is 311 g/mol. The Kier molecular flexibility index (Phi) is 3.93. The maximum atomic E-state index is 12.7.